The van der Waals surface area contributed by atoms with Crippen LogP contribution in [-0.2, 0) is 7.05 Å². The molecule has 190 valence electrons. The summed E-state index contributed by atoms with van der Waals surface area (Å²) in [7, 11) is 5.75. The van der Waals surface area contributed by atoms with Crippen molar-refractivity contribution in [2.24, 2.45) is 7.05 Å². The fourth-order valence-electron chi connectivity index (χ4n) is 4.94. The lowest BCUT2D eigenvalue weighted by atomic mass is 10.1. The summed E-state index contributed by atoms with van der Waals surface area (Å²) in [5, 5.41) is 14.3. The molecule has 0 radical (unpaired) electrons. The number of likely N-dealkylation sites (tertiary alicyclic amines) is 1. The number of carbonyl (C=O) groups is 1. The zero-order chi connectivity index (χ0) is 26.6. The van der Waals surface area contributed by atoms with Gasteiger partial charge in [0.15, 0.2) is 0 Å². The Kier molecular flexibility index (Phi) is 6.04. The Morgan fingerprint density at radius 2 is 1.89 bits per heavy atom. The molecule has 3 heterocycles. The monoisotopic (exact) mass is 503 g/mol. The van der Waals surface area contributed by atoms with E-state index in [4.69, 9.17) is 5.26 Å². The Bertz CT molecular complexity index is 1590. The minimum atomic E-state index is -0.715. The SMILES string of the molecule is Cc1c2cc(-n3c(-c4ccc(C#N)c(F)c4)nc(C(=O)N4CC[C@H](N(C)C)C4)c3C)c(F)cc2nn1C. The minimum Gasteiger partial charge on any atom is -0.336 e. The van der Waals surface area contributed by atoms with Crippen LogP contribution in [0.1, 0.15) is 33.9 Å². The van der Waals surface area contributed by atoms with Gasteiger partial charge in [-0.1, -0.05) is 0 Å². The number of fused-ring (bicyclic) bond motifs is 1. The number of aryl methyl sites for hydroxylation is 2. The smallest absolute Gasteiger partial charge is 0.274 e. The lowest BCUT2D eigenvalue weighted by molar-refractivity contribution is 0.0777. The number of aromatic nitrogens is 4. The number of amides is 1. The minimum absolute atomic E-state index is 0.111. The van der Waals surface area contributed by atoms with Crippen molar-refractivity contribution in [3.8, 4) is 23.1 Å². The second-order valence-electron chi connectivity index (χ2n) is 9.70. The molecule has 1 aliphatic rings. The maximum atomic E-state index is 15.6. The summed E-state index contributed by atoms with van der Waals surface area (Å²) in [5.74, 6) is -1.30. The van der Waals surface area contributed by atoms with E-state index in [-0.39, 0.29) is 34.7 Å². The average molecular weight is 504 g/mol. The Morgan fingerprint density at radius 3 is 2.54 bits per heavy atom. The quantitative estimate of drug-likeness (QED) is 0.421. The number of hydrogen-bond acceptors (Lipinski definition) is 5. The molecule has 0 spiro atoms. The zero-order valence-corrected chi connectivity index (χ0v) is 21.4. The fourth-order valence-corrected chi connectivity index (χ4v) is 4.94. The molecular formula is C27H27F2N7O. The molecule has 1 atom stereocenters. The van der Waals surface area contributed by atoms with Crippen LogP contribution in [0, 0.1) is 36.8 Å². The first-order valence-electron chi connectivity index (χ1n) is 12.0. The number of imidazole rings is 1. The summed E-state index contributed by atoms with van der Waals surface area (Å²) in [5.41, 5.74) is 2.38. The molecule has 0 aliphatic carbocycles. The van der Waals surface area contributed by atoms with Crippen LogP contribution >= 0.6 is 0 Å². The molecule has 0 saturated carbocycles. The topological polar surface area (TPSA) is 83.0 Å². The van der Waals surface area contributed by atoms with E-state index in [1.54, 1.807) is 46.3 Å². The van der Waals surface area contributed by atoms with Crippen LogP contribution in [0.3, 0.4) is 0 Å². The van der Waals surface area contributed by atoms with E-state index in [1.165, 1.54) is 18.2 Å². The predicted molar refractivity (Wildman–Crippen MR) is 135 cm³/mol. The summed E-state index contributed by atoms with van der Waals surface area (Å²) in [4.78, 5) is 22.1. The van der Waals surface area contributed by atoms with Gasteiger partial charge in [-0.05, 0) is 58.6 Å². The lowest BCUT2D eigenvalue weighted by Gasteiger charge is -2.20. The molecule has 1 aliphatic heterocycles. The van der Waals surface area contributed by atoms with Gasteiger partial charge in [0.2, 0.25) is 0 Å². The van der Waals surface area contributed by atoms with Crippen molar-refractivity contribution in [3.63, 3.8) is 0 Å². The Labute approximate surface area is 213 Å². The molecule has 8 nitrogen and oxygen atoms in total. The zero-order valence-electron chi connectivity index (χ0n) is 21.4. The van der Waals surface area contributed by atoms with Gasteiger partial charge in [-0.3, -0.25) is 14.0 Å². The number of rotatable bonds is 4. The van der Waals surface area contributed by atoms with Crippen molar-refractivity contribution in [2.75, 3.05) is 27.2 Å². The van der Waals surface area contributed by atoms with Gasteiger partial charge in [-0.25, -0.2) is 13.8 Å². The number of halogens is 2. The first-order chi connectivity index (χ1) is 17.6. The number of carbonyl (C=O) groups excluding carboxylic acids is 1. The van der Waals surface area contributed by atoms with Crippen LogP contribution in [0.2, 0.25) is 0 Å². The second-order valence-corrected chi connectivity index (χ2v) is 9.70. The van der Waals surface area contributed by atoms with Gasteiger partial charge in [0, 0.05) is 48.9 Å². The van der Waals surface area contributed by atoms with Crippen molar-refractivity contribution >= 4 is 16.8 Å². The largest absolute Gasteiger partial charge is 0.336 e. The fraction of sp³-hybridized carbons (Fsp3) is 0.333. The molecule has 0 unspecified atom stereocenters. The Balaban J connectivity index is 1.71. The Hall–Kier alpha value is -4.10. The van der Waals surface area contributed by atoms with Crippen LogP contribution in [0.25, 0.3) is 28.0 Å². The van der Waals surface area contributed by atoms with Crippen LogP contribution < -0.4 is 0 Å². The molecule has 0 bridgehead atoms. The molecule has 10 heteroatoms. The van der Waals surface area contributed by atoms with E-state index in [0.717, 1.165) is 17.5 Å². The van der Waals surface area contributed by atoms with E-state index in [2.05, 4.69) is 15.0 Å². The molecule has 37 heavy (non-hydrogen) atoms. The first-order valence-corrected chi connectivity index (χ1v) is 12.0. The highest BCUT2D eigenvalue weighted by atomic mass is 19.1. The third-order valence-corrected chi connectivity index (χ3v) is 7.28. The van der Waals surface area contributed by atoms with Crippen LogP contribution in [0.4, 0.5) is 8.78 Å². The van der Waals surface area contributed by atoms with E-state index >= 15 is 4.39 Å². The van der Waals surface area contributed by atoms with Gasteiger partial charge >= 0.3 is 0 Å². The number of likely N-dealkylation sites (N-methyl/N-ethyl adjacent to an activating group) is 1. The van der Waals surface area contributed by atoms with Crippen molar-refractivity contribution < 1.29 is 13.6 Å². The van der Waals surface area contributed by atoms with Gasteiger partial charge in [0.1, 0.15) is 29.2 Å². The number of nitriles is 1. The molecule has 4 aromatic rings. The van der Waals surface area contributed by atoms with Gasteiger partial charge in [-0.15, -0.1) is 0 Å². The van der Waals surface area contributed by atoms with Crippen molar-refractivity contribution in [3.05, 3.63) is 64.6 Å². The first kappa shape index (κ1) is 24.6. The molecule has 0 N–H and O–H groups in total. The molecular weight excluding hydrogens is 476 g/mol. The molecule has 5 rings (SSSR count). The molecule has 2 aromatic carbocycles. The highest BCUT2D eigenvalue weighted by Gasteiger charge is 2.32. The van der Waals surface area contributed by atoms with E-state index in [1.807, 2.05) is 21.0 Å². The van der Waals surface area contributed by atoms with Gasteiger partial charge in [0.25, 0.3) is 5.91 Å². The molecule has 1 fully saturated rings. The van der Waals surface area contributed by atoms with Crippen LogP contribution in [0.15, 0.2) is 30.3 Å². The molecule has 1 saturated heterocycles. The van der Waals surface area contributed by atoms with Crippen molar-refractivity contribution in [1.29, 1.82) is 5.26 Å². The third-order valence-electron chi connectivity index (χ3n) is 7.28. The van der Waals surface area contributed by atoms with Crippen molar-refractivity contribution in [1.82, 2.24) is 29.1 Å². The summed E-state index contributed by atoms with van der Waals surface area (Å²) < 4.78 is 33.4. The average Bonchev–Trinajstić information content (AvgIpc) is 3.55. The predicted octanol–water partition coefficient (Wildman–Crippen LogP) is 3.97. The van der Waals surface area contributed by atoms with Gasteiger partial charge in [0.05, 0.1) is 22.5 Å². The highest BCUT2D eigenvalue weighted by molar-refractivity contribution is 5.95. The van der Waals surface area contributed by atoms with Crippen molar-refractivity contribution in [2.45, 2.75) is 26.3 Å². The number of nitrogens with zero attached hydrogens (tertiary/aromatic N) is 7. The number of benzene rings is 2. The Morgan fingerprint density at radius 1 is 1.14 bits per heavy atom. The number of hydrogen-bond donors (Lipinski definition) is 0. The summed E-state index contributed by atoms with van der Waals surface area (Å²) in [6.45, 7) is 4.75. The van der Waals surface area contributed by atoms with Crippen LogP contribution in [-0.4, -0.2) is 68.3 Å². The summed E-state index contributed by atoms with van der Waals surface area (Å²) >= 11 is 0. The summed E-state index contributed by atoms with van der Waals surface area (Å²) in [6, 6.07) is 9.18. The molecule has 1 amide bonds. The maximum Gasteiger partial charge on any atom is 0.274 e. The van der Waals surface area contributed by atoms with Gasteiger partial charge < -0.3 is 9.80 Å². The van der Waals surface area contributed by atoms with Gasteiger partial charge in [-0.2, -0.15) is 10.4 Å². The second kappa shape index (κ2) is 9.09. The highest BCUT2D eigenvalue weighted by Crippen LogP contribution is 2.32. The van der Waals surface area contributed by atoms with E-state index in [0.29, 0.717) is 29.9 Å². The normalized spacial score (nSPS) is 15.6. The lowest BCUT2D eigenvalue weighted by Crippen LogP contribution is -2.34. The third kappa shape index (κ3) is 4.05. The van der Waals surface area contributed by atoms with E-state index in [9.17, 15) is 9.18 Å². The molecule has 2 aromatic heterocycles. The summed E-state index contributed by atoms with van der Waals surface area (Å²) in [6.07, 6.45) is 0.845. The van der Waals surface area contributed by atoms with E-state index < -0.39 is 11.6 Å². The standard InChI is InChI=1S/C27H27F2N7O/c1-15-20-11-24(22(29)12-23(20)32-34(15)5)36-16(2)25(27(37)35-9-8-19(14-35)33(3)4)31-26(36)17-6-7-18(13-30)21(28)10-17/h6-7,10-12,19H,8-9,14H2,1-5H3/t19-/m0/s1. The maximum absolute atomic E-state index is 15.6. The van der Waals surface area contributed by atoms with Crippen LogP contribution in [0.5, 0.6) is 0 Å².